The molecule has 0 saturated carbocycles. The van der Waals surface area contributed by atoms with Crippen molar-refractivity contribution in [1.82, 2.24) is 9.21 Å². The van der Waals surface area contributed by atoms with Crippen molar-refractivity contribution < 1.29 is 22.0 Å². The average molecular weight is 409 g/mol. The van der Waals surface area contributed by atoms with Crippen LogP contribution in [0.15, 0.2) is 47.4 Å². The molecule has 1 saturated heterocycles. The van der Waals surface area contributed by atoms with E-state index in [1.54, 1.807) is 17.9 Å². The Hall–Kier alpha value is -2.36. The van der Waals surface area contributed by atoms with E-state index in [0.717, 1.165) is 11.6 Å². The first-order chi connectivity index (χ1) is 13.3. The summed E-state index contributed by atoms with van der Waals surface area (Å²) in [5.41, 5.74) is 0.869. The van der Waals surface area contributed by atoms with Crippen LogP contribution < -0.4 is 5.32 Å². The summed E-state index contributed by atoms with van der Waals surface area (Å²) in [5, 5.41) is 2.53. The number of amides is 1. The SMILES string of the molecule is Cc1ccc(NC(=O)CN2CCN(S(=O)(=O)c3cccc(F)c3)CC2)c(F)c1. The summed E-state index contributed by atoms with van der Waals surface area (Å²) in [6, 6.07) is 9.44. The summed E-state index contributed by atoms with van der Waals surface area (Å²) in [5.74, 6) is -1.48. The van der Waals surface area contributed by atoms with E-state index < -0.39 is 21.7 Å². The molecule has 3 rings (SSSR count). The number of sulfonamides is 1. The van der Waals surface area contributed by atoms with Crippen LogP contribution >= 0.6 is 0 Å². The number of benzene rings is 2. The van der Waals surface area contributed by atoms with E-state index in [1.807, 2.05) is 0 Å². The molecule has 1 heterocycles. The molecule has 2 aromatic rings. The number of hydrogen-bond acceptors (Lipinski definition) is 4. The van der Waals surface area contributed by atoms with Crippen LogP contribution in [0.2, 0.25) is 0 Å². The second kappa shape index (κ2) is 8.34. The highest BCUT2D eigenvalue weighted by Crippen LogP contribution is 2.19. The number of nitrogens with zero attached hydrogens (tertiary/aromatic N) is 2. The van der Waals surface area contributed by atoms with Crippen molar-refractivity contribution in [2.24, 2.45) is 0 Å². The maximum absolute atomic E-state index is 13.8. The molecule has 0 unspecified atom stereocenters. The fourth-order valence-corrected chi connectivity index (χ4v) is 4.47. The first-order valence-corrected chi connectivity index (χ1v) is 10.2. The molecule has 28 heavy (non-hydrogen) atoms. The predicted octanol–water partition coefficient (Wildman–Crippen LogP) is 2.22. The summed E-state index contributed by atoms with van der Waals surface area (Å²) in [4.78, 5) is 13.9. The van der Waals surface area contributed by atoms with Gasteiger partial charge in [0.2, 0.25) is 15.9 Å². The van der Waals surface area contributed by atoms with Gasteiger partial charge in [0.25, 0.3) is 0 Å². The highest BCUT2D eigenvalue weighted by Gasteiger charge is 2.29. The van der Waals surface area contributed by atoms with Gasteiger partial charge in [-0.15, -0.1) is 0 Å². The minimum atomic E-state index is -3.78. The standard InChI is InChI=1S/C19H21F2N3O3S/c1-14-5-6-18(17(21)11-14)22-19(25)13-23-7-9-24(10-8-23)28(26,27)16-4-2-3-15(20)12-16/h2-6,11-12H,7-10,13H2,1H3,(H,22,25). The molecule has 0 aromatic heterocycles. The third kappa shape index (κ3) is 4.73. The zero-order valence-corrected chi connectivity index (χ0v) is 16.2. The average Bonchev–Trinajstić information content (AvgIpc) is 2.64. The number of hydrogen-bond donors (Lipinski definition) is 1. The molecule has 1 aliphatic heterocycles. The van der Waals surface area contributed by atoms with E-state index in [-0.39, 0.29) is 36.1 Å². The van der Waals surface area contributed by atoms with Gasteiger partial charge in [-0.05, 0) is 42.8 Å². The van der Waals surface area contributed by atoms with Crippen molar-refractivity contribution in [3.63, 3.8) is 0 Å². The van der Waals surface area contributed by atoms with Gasteiger partial charge in [0, 0.05) is 26.2 Å². The number of piperazine rings is 1. The van der Waals surface area contributed by atoms with Gasteiger partial charge in [0.1, 0.15) is 11.6 Å². The smallest absolute Gasteiger partial charge is 0.243 e. The molecular weight excluding hydrogens is 388 g/mol. The van der Waals surface area contributed by atoms with Crippen LogP contribution in [0.4, 0.5) is 14.5 Å². The van der Waals surface area contributed by atoms with Gasteiger partial charge in [-0.1, -0.05) is 12.1 Å². The zero-order valence-electron chi connectivity index (χ0n) is 15.4. The molecule has 0 spiro atoms. The largest absolute Gasteiger partial charge is 0.322 e. The van der Waals surface area contributed by atoms with E-state index in [0.29, 0.717) is 13.1 Å². The van der Waals surface area contributed by atoms with Crippen LogP contribution in [-0.2, 0) is 14.8 Å². The van der Waals surface area contributed by atoms with E-state index in [4.69, 9.17) is 0 Å². The summed E-state index contributed by atoms with van der Waals surface area (Å²) in [6.45, 7) is 2.85. The number of carbonyl (C=O) groups is 1. The van der Waals surface area contributed by atoms with E-state index >= 15 is 0 Å². The maximum atomic E-state index is 13.8. The number of aryl methyl sites for hydroxylation is 1. The summed E-state index contributed by atoms with van der Waals surface area (Å²) in [7, 11) is -3.78. The van der Waals surface area contributed by atoms with Gasteiger partial charge >= 0.3 is 0 Å². The first-order valence-electron chi connectivity index (χ1n) is 8.80. The van der Waals surface area contributed by atoms with E-state index in [9.17, 15) is 22.0 Å². The fraction of sp³-hybridized carbons (Fsp3) is 0.316. The Morgan fingerprint density at radius 2 is 1.79 bits per heavy atom. The highest BCUT2D eigenvalue weighted by atomic mass is 32.2. The summed E-state index contributed by atoms with van der Waals surface area (Å²) >= 11 is 0. The van der Waals surface area contributed by atoms with Crippen LogP contribution in [0.3, 0.4) is 0 Å². The minimum Gasteiger partial charge on any atom is -0.322 e. The van der Waals surface area contributed by atoms with Crippen LogP contribution in [0, 0.1) is 18.6 Å². The number of rotatable bonds is 5. The molecule has 1 fully saturated rings. The van der Waals surface area contributed by atoms with Crippen molar-refractivity contribution in [2.45, 2.75) is 11.8 Å². The normalized spacial score (nSPS) is 16.1. The second-order valence-electron chi connectivity index (χ2n) is 6.67. The maximum Gasteiger partial charge on any atom is 0.243 e. The minimum absolute atomic E-state index is 0.0289. The van der Waals surface area contributed by atoms with Gasteiger partial charge in [-0.2, -0.15) is 4.31 Å². The molecule has 0 atom stereocenters. The third-order valence-corrected chi connectivity index (χ3v) is 6.43. The third-order valence-electron chi connectivity index (χ3n) is 4.53. The quantitative estimate of drug-likeness (QED) is 0.822. The van der Waals surface area contributed by atoms with Crippen LogP contribution in [-0.4, -0.2) is 56.3 Å². The van der Waals surface area contributed by atoms with Crippen LogP contribution in [0.25, 0.3) is 0 Å². The first kappa shape index (κ1) is 20.4. The Bertz CT molecular complexity index is 974. The van der Waals surface area contributed by atoms with Gasteiger partial charge < -0.3 is 5.32 Å². The molecule has 0 aliphatic carbocycles. The lowest BCUT2D eigenvalue weighted by molar-refractivity contribution is -0.117. The molecule has 1 aliphatic rings. The summed E-state index contributed by atoms with van der Waals surface area (Å²) < 4.78 is 53.6. The van der Waals surface area contributed by atoms with Gasteiger partial charge in [-0.25, -0.2) is 17.2 Å². The van der Waals surface area contributed by atoms with Crippen molar-refractivity contribution in [3.8, 4) is 0 Å². The van der Waals surface area contributed by atoms with Crippen LogP contribution in [0.5, 0.6) is 0 Å². The Kier molecular flexibility index (Phi) is 6.07. The van der Waals surface area contributed by atoms with E-state index in [1.165, 1.54) is 34.6 Å². The lowest BCUT2D eigenvalue weighted by Gasteiger charge is -2.33. The molecule has 6 nitrogen and oxygen atoms in total. The fourth-order valence-electron chi connectivity index (χ4n) is 3.02. The van der Waals surface area contributed by atoms with Gasteiger partial charge in [0.05, 0.1) is 17.1 Å². The van der Waals surface area contributed by atoms with Crippen molar-refractivity contribution in [1.29, 1.82) is 0 Å². The molecular formula is C19H21F2N3O3S. The Morgan fingerprint density at radius 1 is 1.07 bits per heavy atom. The second-order valence-corrected chi connectivity index (χ2v) is 8.61. The molecule has 2 aromatic carbocycles. The number of halogens is 2. The molecule has 0 radical (unpaired) electrons. The zero-order chi connectivity index (χ0) is 20.3. The highest BCUT2D eigenvalue weighted by molar-refractivity contribution is 7.89. The lowest BCUT2D eigenvalue weighted by atomic mass is 10.2. The number of anilines is 1. The topological polar surface area (TPSA) is 69.7 Å². The van der Waals surface area contributed by atoms with Crippen molar-refractivity contribution in [3.05, 3.63) is 59.7 Å². The predicted molar refractivity (Wildman–Crippen MR) is 101 cm³/mol. The van der Waals surface area contributed by atoms with Crippen LogP contribution in [0.1, 0.15) is 5.56 Å². The Labute approximate surface area is 162 Å². The Balaban J connectivity index is 1.56. The van der Waals surface area contributed by atoms with E-state index in [2.05, 4.69) is 5.32 Å². The monoisotopic (exact) mass is 409 g/mol. The molecule has 150 valence electrons. The lowest BCUT2D eigenvalue weighted by Crippen LogP contribution is -2.50. The number of carbonyl (C=O) groups excluding carboxylic acids is 1. The van der Waals surface area contributed by atoms with Crippen molar-refractivity contribution in [2.75, 3.05) is 38.0 Å². The van der Waals surface area contributed by atoms with Crippen molar-refractivity contribution >= 4 is 21.6 Å². The summed E-state index contributed by atoms with van der Waals surface area (Å²) in [6.07, 6.45) is 0. The molecule has 9 heteroatoms. The molecule has 1 amide bonds. The molecule has 0 bridgehead atoms. The Morgan fingerprint density at radius 3 is 2.43 bits per heavy atom. The number of nitrogens with one attached hydrogen (secondary N) is 1. The van der Waals surface area contributed by atoms with Gasteiger partial charge in [0.15, 0.2) is 0 Å². The van der Waals surface area contributed by atoms with Gasteiger partial charge in [-0.3, -0.25) is 9.69 Å². The molecule has 1 N–H and O–H groups in total.